The Bertz CT molecular complexity index is 1390. The van der Waals surface area contributed by atoms with Crippen LogP contribution in [-0.2, 0) is 20.4 Å². The summed E-state index contributed by atoms with van der Waals surface area (Å²) in [5, 5.41) is 14.1. The Kier molecular flexibility index (Phi) is 8.61. The van der Waals surface area contributed by atoms with Gasteiger partial charge in [0.2, 0.25) is 5.91 Å². The minimum atomic E-state index is -4.14. The van der Waals surface area contributed by atoms with Crippen LogP contribution in [0.1, 0.15) is 15.2 Å². The molecule has 0 aliphatic rings. The summed E-state index contributed by atoms with van der Waals surface area (Å²) in [6, 6.07) is 12.4. The molecule has 0 aliphatic carbocycles. The minimum absolute atomic E-state index is 0.0390. The maximum Gasteiger partial charge on any atom is 0.387 e. The molecule has 8 nitrogen and oxygen atoms in total. The van der Waals surface area contributed by atoms with Crippen molar-refractivity contribution in [3.05, 3.63) is 64.0 Å². The third-order valence-electron chi connectivity index (χ3n) is 4.69. The molecule has 2 amide bonds. The number of hydrogen-bond donors (Lipinski definition) is 2. The van der Waals surface area contributed by atoms with Crippen LogP contribution in [-0.4, -0.2) is 45.2 Å². The quantitative estimate of drug-likeness (QED) is 0.378. The summed E-state index contributed by atoms with van der Waals surface area (Å²) in [7, 11) is -4.14. The molecule has 3 rings (SSSR count). The fraction of sp³-hybridized carbons (Fsp3) is 0.227. The topological polar surface area (TPSA) is 125 Å². The number of nitrogens with one attached hydrogen (secondary N) is 2. The van der Waals surface area contributed by atoms with Crippen molar-refractivity contribution in [2.45, 2.75) is 18.4 Å². The van der Waals surface area contributed by atoms with E-state index in [4.69, 9.17) is 16.9 Å². The molecular weight excluding hydrogens is 524 g/mol. The number of para-hydroxylation sites is 1. The Labute approximate surface area is 208 Å². The highest BCUT2D eigenvalue weighted by molar-refractivity contribution is 7.90. The van der Waals surface area contributed by atoms with E-state index >= 15 is 0 Å². The fourth-order valence-corrected chi connectivity index (χ4v) is 6.19. The average Bonchev–Trinajstić information content (AvgIpc) is 3.14. The van der Waals surface area contributed by atoms with Gasteiger partial charge in [-0.15, -0.1) is 11.3 Å². The Morgan fingerprint density at radius 3 is 2.51 bits per heavy atom. The Morgan fingerprint density at radius 1 is 1.14 bits per heavy atom. The number of hydrogen-bond acceptors (Lipinski definition) is 7. The van der Waals surface area contributed by atoms with E-state index in [-0.39, 0.29) is 21.2 Å². The van der Waals surface area contributed by atoms with Crippen molar-refractivity contribution in [1.29, 1.82) is 5.26 Å². The van der Waals surface area contributed by atoms with Crippen molar-refractivity contribution < 1.29 is 31.5 Å². The number of halogens is 3. The molecule has 0 saturated heterocycles. The molecule has 1 aromatic heterocycles. The van der Waals surface area contributed by atoms with Gasteiger partial charge in [-0.25, -0.2) is 8.42 Å². The van der Waals surface area contributed by atoms with E-state index in [9.17, 15) is 26.8 Å². The van der Waals surface area contributed by atoms with Gasteiger partial charge < -0.3 is 15.4 Å². The van der Waals surface area contributed by atoms with E-state index in [0.29, 0.717) is 5.39 Å². The normalized spacial score (nSPS) is 12.2. The molecule has 0 saturated carbocycles. The summed E-state index contributed by atoms with van der Waals surface area (Å²) in [5.41, 5.74) is -0.0390. The standard InChI is InChI=1S/C22H18ClF2N3O5S2/c23-18-14-6-2-4-8-17(14)34-19(18)21(30)28-15(20(29)27-10-9-26)12-35(31,32)11-13-5-1-3-7-16(13)33-22(24)25/h1-8,15,22H,10-12H2,(H,27,29)(H,28,30)/t15-/m0/s1. The lowest BCUT2D eigenvalue weighted by molar-refractivity contribution is -0.122. The molecule has 3 aromatic rings. The van der Waals surface area contributed by atoms with E-state index in [1.54, 1.807) is 30.3 Å². The number of thiophene rings is 1. The molecule has 0 fully saturated rings. The average molecular weight is 542 g/mol. The van der Waals surface area contributed by atoms with Crippen LogP contribution in [0.5, 0.6) is 5.75 Å². The molecule has 1 atom stereocenters. The second-order valence-electron chi connectivity index (χ2n) is 7.18. The lowest BCUT2D eigenvalue weighted by atomic mass is 10.2. The zero-order valence-electron chi connectivity index (χ0n) is 17.8. The predicted molar refractivity (Wildman–Crippen MR) is 127 cm³/mol. The Morgan fingerprint density at radius 2 is 1.83 bits per heavy atom. The van der Waals surface area contributed by atoms with Gasteiger partial charge in [0.15, 0.2) is 9.84 Å². The maximum absolute atomic E-state index is 12.9. The third-order valence-corrected chi connectivity index (χ3v) is 7.96. The van der Waals surface area contributed by atoms with Crippen LogP contribution in [0.4, 0.5) is 8.78 Å². The molecule has 0 bridgehead atoms. The van der Waals surface area contributed by atoms with Gasteiger partial charge in [0.1, 0.15) is 23.2 Å². The lowest BCUT2D eigenvalue weighted by Gasteiger charge is -2.18. The first-order chi connectivity index (χ1) is 16.6. The minimum Gasteiger partial charge on any atom is -0.435 e. The van der Waals surface area contributed by atoms with E-state index in [1.165, 1.54) is 24.3 Å². The maximum atomic E-state index is 12.9. The van der Waals surface area contributed by atoms with Crippen LogP contribution in [0.15, 0.2) is 48.5 Å². The highest BCUT2D eigenvalue weighted by Crippen LogP contribution is 2.35. The number of alkyl halides is 2. The van der Waals surface area contributed by atoms with E-state index < -0.39 is 52.4 Å². The molecule has 35 heavy (non-hydrogen) atoms. The van der Waals surface area contributed by atoms with Gasteiger partial charge in [-0.2, -0.15) is 14.0 Å². The number of nitriles is 1. The number of ether oxygens (including phenoxy) is 1. The highest BCUT2D eigenvalue weighted by Gasteiger charge is 2.30. The predicted octanol–water partition coefficient (Wildman–Crippen LogP) is 3.51. The first-order valence-electron chi connectivity index (χ1n) is 9.97. The van der Waals surface area contributed by atoms with Crippen LogP contribution in [0.3, 0.4) is 0 Å². The molecule has 13 heteroatoms. The fourth-order valence-electron chi connectivity index (χ4n) is 3.20. The van der Waals surface area contributed by atoms with Crippen LogP contribution >= 0.6 is 22.9 Å². The van der Waals surface area contributed by atoms with Crippen LogP contribution < -0.4 is 15.4 Å². The van der Waals surface area contributed by atoms with E-state index in [2.05, 4.69) is 15.4 Å². The van der Waals surface area contributed by atoms with Gasteiger partial charge in [0.25, 0.3) is 5.91 Å². The second kappa shape index (κ2) is 11.4. The third kappa shape index (κ3) is 6.88. The Hall–Kier alpha value is -3.27. The summed E-state index contributed by atoms with van der Waals surface area (Å²) >= 11 is 7.38. The van der Waals surface area contributed by atoms with Crippen molar-refractivity contribution in [1.82, 2.24) is 10.6 Å². The van der Waals surface area contributed by atoms with Crippen molar-refractivity contribution >= 4 is 54.7 Å². The van der Waals surface area contributed by atoms with E-state index in [0.717, 1.165) is 16.0 Å². The van der Waals surface area contributed by atoms with Crippen molar-refractivity contribution in [2.24, 2.45) is 0 Å². The molecule has 0 radical (unpaired) electrons. The van der Waals surface area contributed by atoms with Gasteiger partial charge in [-0.1, -0.05) is 48.0 Å². The van der Waals surface area contributed by atoms with Gasteiger partial charge in [0, 0.05) is 15.6 Å². The van der Waals surface area contributed by atoms with Gasteiger partial charge in [-0.05, 0) is 12.1 Å². The van der Waals surface area contributed by atoms with E-state index in [1.807, 2.05) is 0 Å². The van der Waals surface area contributed by atoms with Gasteiger partial charge in [-0.3, -0.25) is 9.59 Å². The number of rotatable bonds is 10. The Balaban J connectivity index is 1.84. The van der Waals surface area contributed by atoms with Crippen molar-refractivity contribution in [2.75, 3.05) is 12.3 Å². The largest absolute Gasteiger partial charge is 0.435 e. The zero-order chi connectivity index (χ0) is 25.6. The monoisotopic (exact) mass is 541 g/mol. The molecule has 2 aromatic carbocycles. The molecule has 184 valence electrons. The second-order valence-corrected chi connectivity index (χ2v) is 10.7. The summed E-state index contributed by atoms with van der Waals surface area (Å²) in [6.07, 6.45) is 0. The van der Waals surface area contributed by atoms with Gasteiger partial charge >= 0.3 is 6.61 Å². The highest BCUT2D eigenvalue weighted by atomic mass is 35.5. The summed E-state index contributed by atoms with van der Waals surface area (Å²) < 4.78 is 56.2. The lowest BCUT2D eigenvalue weighted by Crippen LogP contribution is -2.50. The number of benzene rings is 2. The van der Waals surface area contributed by atoms with Crippen LogP contribution in [0.25, 0.3) is 10.1 Å². The molecule has 0 unspecified atom stereocenters. The van der Waals surface area contributed by atoms with Crippen LogP contribution in [0.2, 0.25) is 5.02 Å². The summed E-state index contributed by atoms with van der Waals surface area (Å²) in [6.45, 7) is -3.58. The number of fused-ring (bicyclic) bond motifs is 1. The number of nitrogens with zero attached hydrogens (tertiary/aromatic N) is 1. The zero-order valence-corrected chi connectivity index (χ0v) is 20.2. The summed E-state index contributed by atoms with van der Waals surface area (Å²) in [5.74, 6) is -3.58. The summed E-state index contributed by atoms with van der Waals surface area (Å²) in [4.78, 5) is 25.6. The SMILES string of the molecule is N#CCNC(=O)[C@H](CS(=O)(=O)Cc1ccccc1OC(F)F)NC(=O)c1sc2ccccc2c1Cl. The number of amides is 2. The smallest absolute Gasteiger partial charge is 0.387 e. The number of carbonyl (C=O) groups excluding carboxylic acids is 2. The van der Waals surface area contributed by atoms with Crippen molar-refractivity contribution in [3.63, 3.8) is 0 Å². The molecule has 1 heterocycles. The molecule has 0 aliphatic heterocycles. The molecular formula is C22H18ClF2N3O5S2. The molecule has 2 N–H and O–H groups in total. The van der Waals surface area contributed by atoms with Crippen molar-refractivity contribution in [3.8, 4) is 11.8 Å². The first kappa shape index (κ1) is 26.3. The first-order valence-corrected chi connectivity index (χ1v) is 13.0. The number of carbonyl (C=O) groups is 2. The number of sulfone groups is 1. The molecule has 0 spiro atoms. The van der Waals surface area contributed by atoms with Gasteiger partial charge in [0.05, 0.1) is 22.6 Å². The van der Waals surface area contributed by atoms with Crippen LogP contribution in [0, 0.1) is 11.3 Å².